The number of hydrogen-bond acceptors (Lipinski definition) is 8. The van der Waals surface area contributed by atoms with Crippen LogP contribution in [0.4, 0.5) is 5.69 Å². The topological polar surface area (TPSA) is 117 Å². The molecule has 1 heterocycles. The molecule has 1 aliphatic heterocycles. The summed E-state index contributed by atoms with van der Waals surface area (Å²) in [5.74, 6) is -2.36. The van der Waals surface area contributed by atoms with Gasteiger partial charge in [-0.25, -0.2) is 0 Å². The van der Waals surface area contributed by atoms with Gasteiger partial charge in [0, 0.05) is 0 Å². The molecule has 0 saturated carbocycles. The van der Waals surface area contributed by atoms with Gasteiger partial charge in [-0.05, 0) is 0 Å². The van der Waals surface area contributed by atoms with E-state index in [0.29, 0.717) is 16.7 Å². The SMILES string of the molecule is CCOC(=O)C1=C(C[Se]c2ccccc2)NC(C)=C(C(=O)OCCOC)C1c1ccccc1[N+](=O)[O-]. The molecule has 1 atom stereocenters. The fourth-order valence-corrected chi connectivity index (χ4v) is 5.77. The summed E-state index contributed by atoms with van der Waals surface area (Å²) in [6.45, 7) is 3.68. The summed E-state index contributed by atoms with van der Waals surface area (Å²) in [6, 6.07) is 15.9. The van der Waals surface area contributed by atoms with Gasteiger partial charge in [-0.1, -0.05) is 0 Å². The van der Waals surface area contributed by atoms with E-state index in [1.807, 2.05) is 30.3 Å². The summed E-state index contributed by atoms with van der Waals surface area (Å²) < 4.78 is 16.9. The van der Waals surface area contributed by atoms with Crippen molar-refractivity contribution in [1.29, 1.82) is 0 Å². The van der Waals surface area contributed by atoms with Gasteiger partial charge in [0.1, 0.15) is 0 Å². The Morgan fingerprint density at radius 2 is 1.67 bits per heavy atom. The monoisotopic (exact) mass is 560 g/mol. The Hall–Kier alpha value is -3.46. The standard InChI is InChI=1S/C26H28N2O7Se/c1-4-34-26(30)24-20(16-36-18-10-6-5-7-11-18)27-17(2)22(25(29)35-15-14-33-3)23(24)19-12-8-9-13-21(19)28(31)32/h5-13,23,27H,4,14-16H2,1-3H3. The number of nitro benzene ring substituents is 1. The molecule has 10 heteroatoms. The van der Waals surface area contributed by atoms with Crippen LogP contribution in [0.25, 0.3) is 0 Å². The molecular formula is C26H28N2O7Se. The van der Waals surface area contributed by atoms with Gasteiger partial charge in [-0.2, -0.15) is 0 Å². The summed E-state index contributed by atoms with van der Waals surface area (Å²) >= 11 is -0.0503. The number of nitrogens with one attached hydrogen (secondary N) is 1. The van der Waals surface area contributed by atoms with Gasteiger partial charge in [0.15, 0.2) is 0 Å². The maximum absolute atomic E-state index is 13.3. The minimum atomic E-state index is -1.04. The summed E-state index contributed by atoms with van der Waals surface area (Å²) in [6.07, 6.45) is 0. The number of rotatable bonds is 11. The van der Waals surface area contributed by atoms with Crippen LogP contribution in [-0.2, 0) is 23.8 Å². The van der Waals surface area contributed by atoms with Crippen LogP contribution in [0.5, 0.6) is 0 Å². The second-order valence-electron chi connectivity index (χ2n) is 7.76. The Labute approximate surface area is 215 Å². The Balaban J connectivity index is 2.17. The van der Waals surface area contributed by atoms with E-state index in [-0.39, 0.29) is 57.2 Å². The second-order valence-corrected chi connectivity index (χ2v) is 9.96. The molecular weight excluding hydrogens is 531 g/mol. The fraction of sp³-hybridized carbons (Fsp3) is 0.308. The third-order valence-corrected chi connectivity index (χ3v) is 7.63. The van der Waals surface area contributed by atoms with Crippen molar-refractivity contribution in [3.05, 3.63) is 92.8 Å². The van der Waals surface area contributed by atoms with Crippen molar-refractivity contribution in [2.75, 3.05) is 26.9 Å². The van der Waals surface area contributed by atoms with Crippen LogP contribution in [0.3, 0.4) is 0 Å². The molecule has 0 spiro atoms. The van der Waals surface area contributed by atoms with E-state index >= 15 is 0 Å². The molecule has 0 saturated heterocycles. The van der Waals surface area contributed by atoms with Gasteiger partial charge in [0.25, 0.3) is 0 Å². The van der Waals surface area contributed by atoms with Crippen molar-refractivity contribution >= 4 is 37.0 Å². The molecule has 1 N–H and O–H groups in total. The van der Waals surface area contributed by atoms with E-state index in [0.717, 1.165) is 4.46 Å². The number of benzene rings is 2. The summed E-state index contributed by atoms with van der Waals surface area (Å²) in [5, 5.41) is 15.6. The van der Waals surface area contributed by atoms with E-state index in [1.165, 1.54) is 13.2 Å². The van der Waals surface area contributed by atoms with Crippen molar-refractivity contribution in [3.63, 3.8) is 0 Å². The molecule has 0 amide bonds. The van der Waals surface area contributed by atoms with Gasteiger partial charge in [-0.3, -0.25) is 0 Å². The van der Waals surface area contributed by atoms with Gasteiger partial charge < -0.3 is 0 Å². The number of carbonyl (C=O) groups is 2. The zero-order valence-electron chi connectivity index (χ0n) is 20.3. The Morgan fingerprint density at radius 3 is 2.33 bits per heavy atom. The first-order valence-corrected chi connectivity index (χ1v) is 13.4. The van der Waals surface area contributed by atoms with E-state index in [9.17, 15) is 19.7 Å². The van der Waals surface area contributed by atoms with Crippen LogP contribution in [-0.4, -0.2) is 58.7 Å². The van der Waals surface area contributed by atoms with Crippen LogP contribution in [0.1, 0.15) is 25.3 Å². The number of carbonyl (C=O) groups excluding carboxylic acids is 2. The zero-order valence-corrected chi connectivity index (χ0v) is 22.0. The van der Waals surface area contributed by atoms with Gasteiger partial charge >= 0.3 is 216 Å². The van der Waals surface area contributed by atoms with E-state index < -0.39 is 22.8 Å². The van der Waals surface area contributed by atoms with Crippen LogP contribution in [0.15, 0.2) is 77.1 Å². The third kappa shape index (κ3) is 6.40. The molecule has 0 bridgehead atoms. The average Bonchev–Trinajstić information content (AvgIpc) is 2.87. The molecule has 1 unspecified atom stereocenters. The molecule has 2 aromatic rings. The normalized spacial score (nSPS) is 15.4. The quantitative estimate of drug-likeness (QED) is 0.147. The first-order chi connectivity index (χ1) is 17.4. The summed E-state index contributed by atoms with van der Waals surface area (Å²) in [7, 11) is 1.49. The number of nitrogens with zero attached hydrogens (tertiary/aromatic N) is 1. The molecule has 1 aliphatic rings. The van der Waals surface area contributed by atoms with E-state index in [4.69, 9.17) is 14.2 Å². The summed E-state index contributed by atoms with van der Waals surface area (Å²) in [4.78, 5) is 38.0. The first kappa shape index (κ1) is 27.1. The number of hydrogen-bond donors (Lipinski definition) is 1. The van der Waals surface area contributed by atoms with Crippen molar-refractivity contribution in [2.45, 2.75) is 25.1 Å². The van der Waals surface area contributed by atoms with Crippen molar-refractivity contribution in [1.82, 2.24) is 5.32 Å². The summed E-state index contributed by atoms with van der Waals surface area (Å²) in [5.41, 5.74) is 1.36. The number of esters is 2. The van der Waals surface area contributed by atoms with Crippen LogP contribution >= 0.6 is 0 Å². The van der Waals surface area contributed by atoms with E-state index in [1.54, 1.807) is 32.0 Å². The zero-order chi connectivity index (χ0) is 26.1. The number of para-hydroxylation sites is 1. The molecule has 190 valence electrons. The van der Waals surface area contributed by atoms with E-state index in [2.05, 4.69) is 5.32 Å². The molecule has 0 fully saturated rings. The molecule has 0 radical (unpaired) electrons. The predicted octanol–water partition coefficient (Wildman–Crippen LogP) is 3.01. The number of dihydropyridines is 1. The molecule has 3 rings (SSSR count). The van der Waals surface area contributed by atoms with Gasteiger partial charge in [-0.15, -0.1) is 0 Å². The number of allylic oxidation sites excluding steroid dienone is 2. The van der Waals surface area contributed by atoms with Crippen molar-refractivity contribution in [3.8, 4) is 0 Å². The second kappa shape index (κ2) is 13.0. The van der Waals surface area contributed by atoms with Crippen LogP contribution in [0, 0.1) is 10.1 Å². The van der Waals surface area contributed by atoms with Crippen LogP contribution in [0.2, 0.25) is 5.32 Å². The predicted molar refractivity (Wildman–Crippen MR) is 135 cm³/mol. The first-order valence-electron chi connectivity index (χ1n) is 11.3. The Bertz CT molecular complexity index is 1180. The average molecular weight is 559 g/mol. The van der Waals surface area contributed by atoms with Crippen molar-refractivity contribution in [2.24, 2.45) is 0 Å². The molecule has 0 aliphatic carbocycles. The third-order valence-electron chi connectivity index (χ3n) is 5.45. The Kier molecular flexibility index (Phi) is 9.81. The minimum absolute atomic E-state index is 0.00184. The van der Waals surface area contributed by atoms with Gasteiger partial charge in [0.05, 0.1) is 0 Å². The molecule has 36 heavy (non-hydrogen) atoms. The van der Waals surface area contributed by atoms with Gasteiger partial charge in [0.2, 0.25) is 0 Å². The Morgan fingerprint density at radius 1 is 1.00 bits per heavy atom. The number of ether oxygens (including phenoxy) is 3. The maximum atomic E-state index is 13.3. The molecule has 9 nitrogen and oxygen atoms in total. The molecule has 2 aromatic carbocycles. The number of methoxy groups -OCH3 is 1. The van der Waals surface area contributed by atoms with Crippen molar-refractivity contribution < 1.29 is 28.7 Å². The molecule has 0 aromatic heterocycles. The van der Waals surface area contributed by atoms with Crippen LogP contribution < -0.4 is 9.78 Å². The number of nitro groups is 1. The fourth-order valence-electron chi connectivity index (χ4n) is 3.91.